The maximum absolute atomic E-state index is 13.3. The van der Waals surface area contributed by atoms with Crippen LogP contribution >= 0.6 is 45.8 Å². The maximum Gasteiger partial charge on any atom is 0.335 e. The van der Waals surface area contributed by atoms with Gasteiger partial charge >= 0.3 is 6.03 Å². The van der Waals surface area contributed by atoms with Crippen LogP contribution in [0.15, 0.2) is 54.1 Å². The molecule has 1 saturated heterocycles. The van der Waals surface area contributed by atoms with Gasteiger partial charge in [0.05, 0.1) is 16.4 Å². The van der Waals surface area contributed by atoms with Crippen molar-refractivity contribution in [1.29, 1.82) is 0 Å². The molecule has 0 spiro atoms. The van der Waals surface area contributed by atoms with Crippen LogP contribution in [0.4, 0.5) is 16.2 Å². The Labute approximate surface area is 253 Å². The van der Waals surface area contributed by atoms with Crippen LogP contribution in [0.25, 0.3) is 6.08 Å². The molecule has 12 heteroatoms. The number of carbonyl (C=O) groups excluding carboxylic acids is 4. The third-order valence-corrected chi connectivity index (χ3v) is 7.32. The lowest BCUT2D eigenvalue weighted by molar-refractivity contribution is -0.122. The fraction of sp³-hybridized carbons (Fsp3) is 0.143. The highest BCUT2D eigenvalue weighted by Crippen LogP contribution is 2.35. The summed E-state index contributed by atoms with van der Waals surface area (Å²) in [4.78, 5) is 51.9. The van der Waals surface area contributed by atoms with Gasteiger partial charge in [-0.1, -0.05) is 35.3 Å². The third kappa shape index (κ3) is 6.40. The van der Waals surface area contributed by atoms with Crippen molar-refractivity contribution in [3.63, 3.8) is 0 Å². The second kappa shape index (κ2) is 12.3. The summed E-state index contributed by atoms with van der Waals surface area (Å²) in [5.74, 6) is -1.48. The second-order valence-electron chi connectivity index (χ2n) is 8.72. The van der Waals surface area contributed by atoms with Crippen LogP contribution < -0.4 is 25.0 Å². The number of amides is 5. The third-order valence-electron chi connectivity index (χ3n) is 5.88. The molecule has 0 bridgehead atoms. The van der Waals surface area contributed by atoms with E-state index in [1.165, 1.54) is 19.3 Å². The summed E-state index contributed by atoms with van der Waals surface area (Å²) in [7, 11) is 1.42. The highest BCUT2D eigenvalue weighted by atomic mass is 127. The van der Waals surface area contributed by atoms with Crippen LogP contribution in [-0.4, -0.2) is 37.5 Å². The lowest BCUT2D eigenvalue weighted by Gasteiger charge is -2.27. The van der Waals surface area contributed by atoms with E-state index in [1.54, 1.807) is 49.4 Å². The Morgan fingerprint density at radius 3 is 2.48 bits per heavy atom. The highest BCUT2D eigenvalue weighted by molar-refractivity contribution is 14.1. The minimum atomic E-state index is -0.875. The monoisotopic (exact) mass is 693 g/mol. The largest absolute Gasteiger partial charge is 0.493 e. The second-order valence-corrected chi connectivity index (χ2v) is 10.7. The van der Waals surface area contributed by atoms with E-state index in [1.807, 2.05) is 29.5 Å². The molecule has 9 nitrogen and oxygen atoms in total. The molecule has 206 valence electrons. The molecule has 0 radical (unpaired) electrons. The van der Waals surface area contributed by atoms with Crippen molar-refractivity contribution in [3.8, 4) is 11.5 Å². The van der Waals surface area contributed by atoms with Crippen molar-refractivity contribution in [2.24, 2.45) is 0 Å². The Kier molecular flexibility index (Phi) is 9.02. The topological polar surface area (TPSA) is 114 Å². The van der Waals surface area contributed by atoms with Crippen molar-refractivity contribution in [2.45, 2.75) is 13.8 Å². The lowest BCUT2D eigenvalue weighted by atomic mass is 10.1. The summed E-state index contributed by atoms with van der Waals surface area (Å²) in [6.07, 6.45) is 1.35. The SMILES string of the molecule is COc1cc(/C=C2\C(=O)NC(=O)N(c3cc(Cl)ccc3C)C2=O)cc(I)c1OCC(=O)Nc1ccc(C)c(Cl)c1. The van der Waals surface area contributed by atoms with E-state index in [9.17, 15) is 19.2 Å². The average molecular weight is 694 g/mol. The number of halogens is 3. The highest BCUT2D eigenvalue weighted by Gasteiger charge is 2.37. The van der Waals surface area contributed by atoms with Crippen molar-refractivity contribution < 1.29 is 28.7 Å². The van der Waals surface area contributed by atoms with Gasteiger partial charge in [0.1, 0.15) is 5.57 Å². The number of hydrogen-bond acceptors (Lipinski definition) is 6. The van der Waals surface area contributed by atoms with E-state index >= 15 is 0 Å². The van der Waals surface area contributed by atoms with Crippen LogP contribution in [-0.2, 0) is 14.4 Å². The molecule has 0 unspecified atom stereocenters. The van der Waals surface area contributed by atoms with Crippen LogP contribution in [0.5, 0.6) is 11.5 Å². The molecule has 2 N–H and O–H groups in total. The van der Waals surface area contributed by atoms with Crippen LogP contribution in [0.3, 0.4) is 0 Å². The van der Waals surface area contributed by atoms with Crippen LogP contribution in [0, 0.1) is 17.4 Å². The standard InChI is InChI=1S/C28H22Cl2IN3O6/c1-14-5-7-18(12-20(14)30)32-24(35)13-40-25-21(31)9-16(10-23(25)39-3)8-19-26(36)33-28(38)34(27(19)37)22-11-17(29)6-4-15(22)2/h4-12H,13H2,1-3H3,(H,32,35)(H,33,36,38)/b19-8+. The van der Waals surface area contributed by atoms with E-state index in [4.69, 9.17) is 32.7 Å². The summed E-state index contributed by atoms with van der Waals surface area (Å²) in [5.41, 5.74) is 2.47. The smallest absolute Gasteiger partial charge is 0.335 e. The number of barbiturate groups is 1. The summed E-state index contributed by atoms with van der Waals surface area (Å²) < 4.78 is 11.7. The molecular formula is C28H22Cl2IN3O6. The van der Waals surface area contributed by atoms with Gasteiger partial charge in [-0.2, -0.15) is 0 Å². The lowest BCUT2D eigenvalue weighted by Crippen LogP contribution is -2.54. The number of nitrogens with zero attached hydrogens (tertiary/aromatic N) is 1. The Hall–Kier alpha value is -3.61. The molecule has 5 amide bonds. The first-order valence-corrected chi connectivity index (χ1v) is 13.6. The van der Waals surface area contributed by atoms with E-state index < -0.39 is 23.8 Å². The molecule has 3 aromatic rings. The number of imide groups is 2. The molecule has 1 aliphatic heterocycles. The number of nitrogens with one attached hydrogen (secondary N) is 2. The summed E-state index contributed by atoms with van der Waals surface area (Å²) in [6.45, 7) is 3.26. The minimum Gasteiger partial charge on any atom is -0.493 e. The molecule has 3 aromatic carbocycles. The number of carbonyl (C=O) groups is 4. The molecular weight excluding hydrogens is 672 g/mol. The Morgan fingerprint density at radius 1 is 1.05 bits per heavy atom. The first kappa shape index (κ1) is 29.4. The van der Waals surface area contributed by atoms with Crippen molar-refractivity contribution in [3.05, 3.63) is 84.4 Å². The molecule has 0 saturated carbocycles. The first-order chi connectivity index (χ1) is 19.0. The minimum absolute atomic E-state index is 0.260. The summed E-state index contributed by atoms with van der Waals surface area (Å²) in [6, 6.07) is 12.3. The van der Waals surface area contributed by atoms with Gasteiger partial charge in [0.25, 0.3) is 17.7 Å². The molecule has 1 aliphatic rings. The fourth-order valence-corrected chi connectivity index (χ4v) is 4.96. The summed E-state index contributed by atoms with van der Waals surface area (Å²) in [5, 5.41) is 5.77. The van der Waals surface area contributed by atoms with Gasteiger partial charge in [-0.15, -0.1) is 0 Å². The van der Waals surface area contributed by atoms with Crippen molar-refractivity contribution in [2.75, 3.05) is 23.9 Å². The molecule has 40 heavy (non-hydrogen) atoms. The average Bonchev–Trinajstić information content (AvgIpc) is 2.89. The van der Waals surface area contributed by atoms with E-state index in [0.717, 1.165) is 10.5 Å². The van der Waals surface area contributed by atoms with Gasteiger partial charge in [-0.25, -0.2) is 9.69 Å². The quantitative estimate of drug-likeness (QED) is 0.181. The fourth-order valence-electron chi connectivity index (χ4n) is 3.83. The van der Waals surface area contributed by atoms with E-state index in [-0.39, 0.29) is 23.6 Å². The first-order valence-electron chi connectivity index (χ1n) is 11.7. The van der Waals surface area contributed by atoms with Crippen LogP contribution in [0.2, 0.25) is 10.0 Å². The van der Waals surface area contributed by atoms with E-state index in [2.05, 4.69) is 10.6 Å². The number of rotatable bonds is 7. The number of ether oxygens (including phenoxy) is 2. The zero-order valence-corrected chi connectivity index (χ0v) is 25.1. The Morgan fingerprint density at radius 2 is 1.77 bits per heavy atom. The maximum atomic E-state index is 13.3. The molecule has 1 fully saturated rings. The number of urea groups is 1. The van der Waals surface area contributed by atoms with Crippen molar-refractivity contribution >= 4 is 87.0 Å². The van der Waals surface area contributed by atoms with E-state index in [0.29, 0.717) is 36.2 Å². The number of hydrogen-bond donors (Lipinski definition) is 2. The number of aryl methyl sites for hydroxylation is 2. The van der Waals surface area contributed by atoms with Gasteiger partial charge in [-0.3, -0.25) is 19.7 Å². The van der Waals surface area contributed by atoms with Gasteiger partial charge in [0.15, 0.2) is 18.1 Å². The van der Waals surface area contributed by atoms with Gasteiger partial charge in [-0.05, 0) is 95.6 Å². The van der Waals surface area contributed by atoms with Gasteiger partial charge in [0, 0.05) is 15.7 Å². The van der Waals surface area contributed by atoms with Gasteiger partial charge < -0.3 is 14.8 Å². The Bertz CT molecular complexity index is 1590. The molecule has 0 aliphatic carbocycles. The summed E-state index contributed by atoms with van der Waals surface area (Å²) >= 11 is 14.2. The zero-order chi connectivity index (χ0) is 29.1. The predicted octanol–water partition coefficient (Wildman–Crippen LogP) is 5.91. The normalized spacial score (nSPS) is 14.3. The molecule has 4 rings (SSSR count). The molecule has 1 heterocycles. The number of methoxy groups -OCH3 is 1. The number of anilines is 2. The predicted molar refractivity (Wildman–Crippen MR) is 161 cm³/mol. The van der Waals surface area contributed by atoms with Gasteiger partial charge in [0.2, 0.25) is 0 Å². The zero-order valence-electron chi connectivity index (χ0n) is 21.4. The van der Waals surface area contributed by atoms with Crippen molar-refractivity contribution in [1.82, 2.24) is 5.32 Å². The molecule has 0 aromatic heterocycles. The Balaban J connectivity index is 1.57. The van der Waals surface area contributed by atoms with Crippen LogP contribution in [0.1, 0.15) is 16.7 Å². The number of benzene rings is 3. The molecule has 0 atom stereocenters.